The number of nitrogens with zero attached hydrogens (tertiary/aromatic N) is 1. The second-order valence-electron chi connectivity index (χ2n) is 8.27. The van der Waals surface area contributed by atoms with Crippen LogP contribution in [0, 0.1) is 0 Å². The SMILES string of the molecule is CC(CO)[N+](C(C)(C)C)(C(C)(C)C)C(C)(C)C. The first-order chi connectivity index (χ1) is 7.23. The van der Waals surface area contributed by atoms with Gasteiger partial charge in [0, 0.05) is 0 Å². The van der Waals surface area contributed by atoms with E-state index in [0.29, 0.717) is 0 Å². The van der Waals surface area contributed by atoms with Crippen LogP contribution in [0.4, 0.5) is 0 Å². The van der Waals surface area contributed by atoms with E-state index in [9.17, 15) is 5.11 Å². The lowest BCUT2D eigenvalue weighted by Crippen LogP contribution is -2.80. The molecule has 0 aliphatic heterocycles. The Labute approximate surface area is 109 Å². The largest absolute Gasteiger partial charge is 0.390 e. The van der Waals surface area contributed by atoms with Crippen molar-refractivity contribution in [3.8, 4) is 0 Å². The van der Waals surface area contributed by atoms with Crippen molar-refractivity contribution in [1.29, 1.82) is 0 Å². The molecule has 0 aromatic heterocycles. The Morgan fingerprint density at radius 3 is 1.06 bits per heavy atom. The predicted octanol–water partition coefficient (Wildman–Crippen LogP) is 3.58. The van der Waals surface area contributed by atoms with Crippen molar-refractivity contribution in [2.75, 3.05) is 6.61 Å². The van der Waals surface area contributed by atoms with E-state index in [1.807, 2.05) is 0 Å². The molecule has 0 aromatic rings. The molecule has 0 aromatic carbocycles. The summed E-state index contributed by atoms with van der Waals surface area (Å²) >= 11 is 0. The quantitative estimate of drug-likeness (QED) is 0.736. The molecule has 1 N–H and O–H groups in total. The van der Waals surface area contributed by atoms with Crippen molar-refractivity contribution in [3.63, 3.8) is 0 Å². The lowest BCUT2D eigenvalue weighted by molar-refractivity contribution is -1.06. The maximum atomic E-state index is 9.74. The van der Waals surface area contributed by atoms with Crippen LogP contribution in [-0.2, 0) is 0 Å². The lowest BCUT2D eigenvalue weighted by atomic mass is 9.79. The lowest BCUT2D eigenvalue weighted by Gasteiger charge is -2.66. The fourth-order valence-electron chi connectivity index (χ4n) is 5.12. The molecule has 104 valence electrons. The summed E-state index contributed by atoms with van der Waals surface area (Å²) in [7, 11) is 0. The van der Waals surface area contributed by atoms with Gasteiger partial charge in [0.1, 0.15) is 6.04 Å². The van der Waals surface area contributed by atoms with Crippen molar-refractivity contribution in [1.82, 2.24) is 0 Å². The van der Waals surface area contributed by atoms with E-state index in [-0.39, 0.29) is 29.3 Å². The third-order valence-electron chi connectivity index (χ3n) is 4.10. The Morgan fingerprint density at radius 2 is 1.00 bits per heavy atom. The summed E-state index contributed by atoms with van der Waals surface area (Å²) in [6.07, 6.45) is 0. The molecule has 0 radical (unpaired) electrons. The third kappa shape index (κ3) is 2.53. The van der Waals surface area contributed by atoms with E-state index in [1.54, 1.807) is 0 Å². The zero-order valence-corrected chi connectivity index (χ0v) is 13.7. The molecule has 0 amide bonds. The van der Waals surface area contributed by atoms with Gasteiger partial charge in [0.05, 0.1) is 23.2 Å². The standard InChI is InChI=1S/C15H34NO/c1-12(11-17)16(13(2,3)4,14(5,6)7)15(8,9)10/h12,17H,11H2,1-10H3/q+1. The summed E-state index contributed by atoms with van der Waals surface area (Å²) in [5.74, 6) is 0. The van der Waals surface area contributed by atoms with Crippen LogP contribution in [0.15, 0.2) is 0 Å². The molecule has 0 rings (SSSR count). The smallest absolute Gasteiger partial charge is 0.111 e. The van der Waals surface area contributed by atoms with Crippen LogP contribution in [0.3, 0.4) is 0 Å². The molecule has 0 spiro atoms. The summed E-state index contributed by atoms with van der Waals surface area (Å²) in [5, 5.41) is 9.74. The fourth-order valence-corrected chi connectivity index (χ4v) is 5.12. The van der Waals surface area contributed by atoms with E-state index in [1.165, 1.54) is 0 Å². The molecule has 0 saturated carbocycles. The molecule has 17 heavy (non-hydrogen) atoms. The van der Waals surface area contributed by atoms with Crippen LogP contribution in [-0.4, -0.2) is 38.9 Å². The molecular formula is C15H34NO+. The first-order valence-corrected chi connectivity index (χ1v) is 6.73. The number of aliphatic hydroxyl groups is 1. The van der Waals surface area contributed by atoms with E-state index in [2.05, 4.69) is 69.2 Å². The topological polar surface area (TPSA) is 20.2 Å². The number of quaternary nitrogens is 1. The summed E-state index contributed by atoms with van der Waals surface area (Å²) in [6.45, 7) is 23.0. The average Bonchev–Trinajstić information content (AvgIpc) is 1.95. The van der Waals surface area contributed by atoms with Crippen LogP contribution in [0.25, 0.3) is 0 Å². The second kappa shape index (κ2) is 4.55. The number of hydrogen-bond donors (Lipinski definition) is 1. The minimum atomic E-state index is 0.0820. The number of rotatable bonds is 2. The maximum Gasteiger partial charge on any atom is 0.111 e. The van der Waals surface area contributed by atoms with Gasteiger partial charge in [-0.2, -0.15) is 0 Å². The maximum absolute atomic E-state index is 9.74. The molecule has 0 heterocycles. The Bertz CT molecular complexity index is 214. The normalized spacial score (nSPS) is 17.1. The molecule has 0 fully saturated rings. The highest BCUT2D eigenvalue weighted by atomic mass is 16.3. The van der Waals surface area contributed by atoms with Gasteiger partial charge < -0.3 is 9.59 Å². The van der Waals surface area contributed by atoms with Crippen molar-refractivity contribution in [2.24, 2.45) is 0 Å². The Kier molecular flexibility index (Phi) is 4.52. The molecule has 0 aliphatic carbocycles. The summed E-state index contributed by atoms with van der Waals surface area (Å²) in [5.41, 5.74) is 0.246. The van der Waals surface area contributed by atoms with Crippen molar-refractivity contribution < 1.29 is 9.59 Å². The van der Waals surface area contributed by atoms with E-state index < -0.39 is 0 Å². The number of hydrogen-bond acceptors (Lipinski definition) is 1. The van der Waals surface area contributed by atoms with Crippen LogP contribution < -0.4 is 0 Å². The van der Waals surface area contributed by atoms with Gasteiger partial charge in [0.15, 0.2) is 0 Å². The molecule has 2 nitrogen and oxygen atoms in total. The van der Waals surface area contributed by atoms with Crippen molar-refractivity contribution >= 4 is 0 Å². The van der Waals surface area contributed by atoms with E-state index in [4.69, 9.17) is 0 Å². The second-order valence-corrected chi connectivity index (χ2v) is 8.27. The predicted molar refractivity (Wildman–Crippen MR) is 76.1 cm³/mol. The van der Waals surface area contributed by atoms with Crippen molar-refractivity contribution in [2.45, 2.75) is 91.9 Å². The molecule has 0 bridgehead atoms. The minimum Gasteiger partial charge on any atom is -0.390 e. The van der Waals surface area contributed by atoms with Crippen molar-refractivity contribution in [3.05, 3.63) is 0 Å². The monoisotopic (exact) mass is 244 g/mol. The molecule has 0 saturated heterocycles. The Hall–Kier alpha value is -0.0800. The highest BCUT2D eigenvalue weighted by molar-refractivity contribution is 4.84. The molecule has 1 unspecified atom stereocenters. The van der Waals surface area contributed by atoms with E-state index >= 15 is 0 Å². The van der Waals surface area contributed by atoms with Gasteiger partial charge in [-0.3, -0.25) is 0 Å². The van der Waals surface area contributed by atoms with Gasteiger partial charge in [-0.05, 0) is 69.2 Å². The number of aliphatic hydroxyl groups excluding tert-OH is 1. The molecule has 1 atom stereocenters. The first kappa shape index (κ1) is 16.9. The van der Waals surface area contributed by atoms with Gasteiger partial charge in [-0.1, -0.05) is 0 Å². The van der Waals surface area contributed by atoms with Gasteiger partial charge >= 0.3 is 0 Å². The Morgan fingerprint density at radius 1 is 0.765 bits per heavy atom. The highest BCUT2D eigenvalue weighted by Crippen LogP contribution is 2.46. The van der Waals surface area contributed by atoms with Gasteiger partial charge in [0.2, 0.25) is 0 Å². The van der Waals surface area contributed by atoms with Gasteiger partial charge in [-0.25, -0.2) is 0 Å². The fraction of sp³-hybridized carbons (Fsp3) is 1.00. The minimum absolute atomic E-state index is 0.0820. The average molecular weight is 244 g/mol. The van der Waals surface area contributed by atoms with Crippen LogP contribution in [0.5, 0.6) is 0 Å². The van der Waals surface area contributed by atoms with Gasteiger partial charge in [0.25, 0.3) is 0 Å². The zero-order chi connectivity index (χ0) is 14.3. The molecular weight excluding hydrogens is 210 g/mol. The first-order valence-electron chi connectivity index (χ1n) is 6.73. The van der Waals surface area contributed by atoms with Crippen LogP contribution in [0.2, 0.25) is 0 Å². The van der Waals surface area contributed by atoms with Gasteiger partial charge in [-0.15, -0.1) is 0 Å². The summed E-state index contributed by atoms with van der Waals surface area (Å²) < 4.78 is 0.892. The summed E-state index contributed by atoms with van der Waals surface area (Å²) in [4.78, 5) is 0. The van der Waals surface area contributed by atoms with E-state index in [0.717, 1.165) is 4.48 Å². The molecule has 2 heteroatoms. The highest BCUT2D eigenvalue weighted by Gasteiger charge is 2.59. The third-order valence-corrected chi connectivity index (χ3v) is 4.10. The Balaban J connectivity index is 6.13. The van der Waals surface area contributed by atoms with Crippen LogP contribution in [0.1, 0.15) is 69.2 Å². The molecule has 0 aliphatic rings. The summed E-state index contributed by atoms with van der Waals surface area (Å²) in [6, 6.07) is 0.218. The van der Waals surface area contributed by atoms with Crippen LogP contribution >= 0.6 is 0 Å². The zero-order valence-electron chi connectivity index (χ0n) is 13.7.